The normalized spacial score (nSPS) is 22.7. The molecule has 1 rings (SSSR count). The second kappa shape index (κ2) is 6.08. The van der Waals surface area contributed by atoms with Crippen LogP contribution in [-0.4, -0.2) is 60.6 Å². The molecule has 0 aliphatic carbocycles. The average molecular weight is 214 g/mol. The highest BCUT2D eigenvalue weighted by atomic mass is 16.3. The van der Waals surface area contributed by atoms with Crippen LogP contribution in [0.1, 0.15) is 19.8 Å². The van der Waals surface area contributed by atoms with Crippen molar-refractivity contribution in [3.05, 3.63) is 0 Å². The molecule has 1 atom stereocenters. The van der Waals surface area contributed by atoms with Crippen molar-refractivity contribution in [2.45, 2.75) is 19.8 Å². The van der Waals surface area contributed by atoms with Crippen LogP contribution in [0.15, 0.2) is 0 Å². The SMILES string of the molecule is CC(=O)N(C)C[C@H]1CCCN(CCO)C1. The number of carbonyl (C=O) groups is 1. The van der Waals surface area contributed by atoms with Crippen LogP contribution in [0.2, 0.25) is 0 Å². The number of aliphatic hydroxyl groups is 1. The van der Waals surface area contributed by atoms with E-state index < -0.39 is 0 Å². The van der Waals surface area contributed by atoms with Gasteiger partial charge in [-0.15, -0.1) is 0 Å². The summed E-state index contributed by atoms with van der Waals surface area (Å²) in [4.78, 5) is 15.2. The second-order valence-electron chi connectivity index (χ2n) is 4.43. The van der Waals surface area contributed by atoms with Crippen molar-refractivity contribution in [1.29, 1.82) is 0 Å². The number of hydrogen-bond donors (Lipinski definition) is 1. The van der Waals surface area contributed by atoms with Crippen LogP contribution >= 0.6 is 0 Å². The van der Waals surface area contributed by atoms with Crippen molar-refractivity contribution in [1.82, 2.24) is 9.80 Å². The summed E-state index contributed by atoms with van der Waals surface area (Å²) in [6, 6.07) is 0. The highest BCUT2D eigenvalue weighted by Gasteiger charge is 2.21. The Hall–Kier alpha value is -0.610. The molecule has 1 heterocycles. The van der Waals surface area contributed by atoms with Gasteiger partial charge in [0.25, 0.3) is 0 Å². The first kappa shape index (κ1) is 12.5. The van der Waals surface area contributed by atoms with Gasteiger partial charge >= 0.3 is 0 Å². The zero-order chi connectivity index (χ0) is 11.3. The Bertz CT molecular complexity index is 207. The van der Waals surface area contributed by atoms with E-state index in [1.807, 2.05) is 7.05 Å². The number of hydrogen-bond acceptors (Lipinski definition) is 3. The van der Waals surface area contributed by atoms with Gasteiger partial charge in [-0.25, -0.2) is 0 Å². The molecule has 0 radical (unpaired) electrons. The van der Waals surface area contributed by atoms with Gasteiger partial charge in [0.05, 0.1) is 6.61 Å². The van der Waals surface area contributed by atoms with E-state index in [4.69, 9.17) is 5.11 Å². The zero-order valence-electron chi connectivity index (χ0n) is 9.78. The number of aliphatic hydroxyl groups excluding tert-OH is 1. The summed E-state index contributed by atoms with van der Waals surface area (Å²) < 4.78 is 0. The van der Waals surface area contributed by atoms with Gasteiger partial charge in [0.2, 0.25) is 5.91 Å². The van der Waals surface area contributed by atoms with Crippen molar-refractivity contribution < 1.29 is 9.90 Å². The van der Waals surface area contributed by atoms with E-state index in [1.54, 1.807) is 11.8 Å². The van der Waals surface area contributed by atoms with E-state index in [9.17, 15) is 4.79 Å². The number of amides is 1. The van der Waals surface area contributed by atoms with E-state index >= 15 is 0 Å². The molecule has 0 aromatic rings. The van der Waals surface area contributed by atoms with Crippen molar-refractivity contribution in [3.8, 4) is 0 Å². The fraction of sp³-hybridized carbons (Fsp3) is 0.909. The van der Waals surface area contributed by atoms with Crippen molar-refractivity contribution >= 4 is 5.91 Å². The zero-order valence-corrected chi connectivity index (χ0v) is 9.78. The smallest absolute Gasteiger partial charge is 0.219 e. The monoisotopic (exact) mass is 214 g/mol. The summed E-state index contributed by atoms with van der Waals surface area (Å²) in [5.41, 5.74) is 0. The van der Waals surface area contributed by atoms with Gasteiger partial charge in [-0.05, 0) is 25.3 Å². The molecule has 0 aromatic heterocycles. The molecule has 1 saturated heterocycles. The van der Waals surface area contributed by atoms with E-state index in [0.29, 0.717) is 5.92 Å². The molecule has 1 amide bonds. The van der Waals surface area contributed by atoms with Gasteiger partial charge in [-0.3, -0.25) is 4.79 Å². The Morgan fingerprint density at radius 1 is 1.60 bits per heavy atom. The predicted octanol–water partition coefficient (Wildman–Crippen LogP) is 0.169. The molecule has 88 valence electrons. The first-order valence-electron chi connectivity index (χ1n) is 5.68. The third-order valence-corrected chi connectivity index (χ3v) is 3.09. The van der Waals surface area contributed by atoms with E-state index in [2.05, 4.69) is 4.90 Å². The maximum absolute atomic E-state index is 11.1. The van der Waals surface area contributed by atoms with Gasteiger partial charge in [-0.2, -0.15) is 0 Å². The highest BCUT2D eigenvalue weighted by Crippen LogP contribution is 2.16. The number of β-amino-alcohol motifs (C(OH)–C–C–N with tert-alkyl or cyclic N) is 1. The van der Waals surface area contributed by atoms with Crippen LogP contribution in [-0.2, 0) is 4.79 Å². The lowest BCUT2D eigenvalue weighted by Crippen LogP contribution is -2.42. The van der Waals surface area contributed by atoms with Gasteiger partial charge in [-0.1, -0.05) is 0 Å². The van der Waals surface area contributed by atoms with Crippen LogP contribution in [0.4, 0.5) is 0 Å². The van der Waals surface area contributed by atoms with E-state index in [0.717, 1.165) is 26.2 Å². The molecule has 1 fully saturated rings. The topological polar surface area (TPSA) is 43.8 Å². The van der Waals surface area contributed by atoms with E-state index in [1.165, 1.54) is 12.8 Å². The molecule has 0 bridgehead atoms. The van der Waals surface area contributed by atoms with Crippen LogP contribution in [0.3, 0.4) is 0 Å². The lowest BCUT2D eigenvalue weighted by Gasteiger charge is -2.34. The van der Waals surface area contributed by atoms with Crippen molar-refractivity contribution in [2.75, 3.05) is 39.8 Å². The molecule has 4 heteroatoms. The van der Waals surface area contributed by atoms with Gasteiger partial charge in [0.15, 0.2) is 0 Å². The molecule has 0 spiro atoms. The second-order valence-corrected chi connectivity index (χ2v) is 4.43. The van der Waals surface area contributed by atoms with Crippen LogP contribution in [0, 0.1) is 5.92 Å². The quantitative estimate of drug-likeness (QED) is 0.725. The third-order valence-electron chi connectivity index (χ3n) is 3.09. The lowest BCUT2D eigenvalue weighted by atomic mass is 9.97. The standard InChI is InChI=1S/C11H22N2O2/c1-10(15)12(2)8-11-4-3-5-13(9-11)6-7-14/h11,14H,3-9H2,1-2H3/t11-/m1/s1. The molecule has 1 aliphatic heterocycles. The van der Waals surface area contributed by atoms with Crippen LogP contribution in [0.25, 0.3) is 0 Å². The maximum atomic E-state index is 11.1. The maximum Gasteiger partial charge on any atom is 0.219 e. The number of rotatable bonds is 4. The first-order chi connectivity index (χ1) is 7.13. The summed E-state index contributed by atoms with van der Waals surface area (Å²) in [7, 11) is 1.85. The summed E-state index contributed by atoms with van der Waals surface area (Å²) >= 11 is 0. The average Bonchev–Trinajstić information content (AvgIpc) is 2.18. The first-order valence-corrected chi connectivity index (χ1v) is 5.68. The molecular formula is C11H22N2O2. The number of likely N-dealkylation sites (tertiary alicyclic amines) is 1. The fourth-order valence-corrected chi connectivity index (χ4v) is 2.16. The Labute approximate surface area is 91.9 Å². The Kier molecular flexibility index (Phi) is 5.05. The Balaban J connectivity index is 2.32. The molecule has 0 unspecified atom stereocenters. The predicted molar refractivity (Wildman–Crippen MR) is 59.6 cm³/mol. The van der Waals surface area contributed by atoms with Crippen molar-refractivity contribution in [3.63, 3.8) is 0 Å². The van der Waals surface area contributed by atoms with Crippen LogP contribution < -0.4 is 0 Å². The molecule has 4 nitrogen and oxygen atoms in total. The number of piperidine rings is 1. The van der Waals surface area contributed by atoms with E-state index in [-0.39, 0.29) is 12.5 Å². The number of carbonyl (C=O) groups excluding carboxylic acids is 1. The largest absolute Gasteiger partial charge is 0.395 e. The molecule has 0 saturated carbocycles. The minimum Gasteiger partial charge on any atom is -0.395 e. The van der Waals surface area contributed by atoms with Gasteiger partial charge < -0.3 is 14.9 Å². The Morgan fingerprint density at radius 2 is 2.33 bits per heavy atom. The van der Waals surface area contributed by atoms with Gasteiger partial charge in [0.1, 0.15) is 0 Å². The molecule has 15 heavy (non-hydrogen) atoms. The minimum absolute atomic E-state index is 0.134. The highest BCUT2D eigenvalue weighted by molar-refractivity contribution is 5.72. The molecule has 1 aliphatic rings. The molecular weight excluding hydrogens is 192 g/mol. The third kappa shape index (κ3) is 4.18. The minimum atomic E-state index is 0.134. The van der Waals surface area contributed by atoms with Crippen LogP contribution in [0.5, 0.6) is 0 Å². The fourth-order valence-electron chi connectivity index (χ4n) is 2.16. The molecule has 1 N–H and O–H groups in total. The van der Waals surface area contributed by atoms with Crippen molar-refractivity contribution in [2.24, 2.45) is 5.92 Å². The number of nitrogens with zero attached hydrogens (tertiary/aromatic N) is 2. The Morgan fingerprint density at radius 3 is 2.93 bits per heavy atom. The summed E-state index contributed by atoms with van der Waals surface area (Å²) in [6.07, 6.45) is 2.37. The molecule has 0 aromatic carbocycles. The summed E-state index contributed by atoms with van der Waals surface area (Å²) in [5, 5.41) is 8.87. The summed E-state index contributed by atoms with van der Waals surface area (Å²) in [6.45, 7) is 5.54. The lowest BCUT2D eigenvalue weighted by molar-refractivity contribution is -0.128. The summed E-state index contributed by atoms with van der Waals surface area (Å²) in [5.74, 6) is 0.702. The van der Waals surface area contributed by atoms with Gasteiger partial charge in [0, 0.05) is 33.6 Å².